The lowest BCUT2D eigenvalue weighted by Gasteiger charge is -2.17. The number of amides is 2. The normalized spacial score (nSPS) is 12.3. The third-order valence-electron chi connectivity index (χ3n) is 3.08. The molecule has 3 N–H and O–H groups in total. The molecule has 0 fully saturated rings. The summed E-state index contributed by atoms with van der Waals surface area (Å²) < 4.78 is 0. The van der Waals surface area contributed by atoms with Crippen molar-refractivity contribution in [2.24, 2.45) is 0 Å². The van der Waals surface area contributed by atoms with Gasteiger partial charge in [0.05, 0.1) is 11.5 Å². The molecular formula is C15H21N3O2. The van der Waals surface area contributed by atoms with Gasteiger partial charge in [0.1, 0.15) is 0 Å². The fourth-order valence-electron chi connectivity index (χ4n) is 1.69. The molecule has 5 nitrogen and oxygen atoms in total. The van der Waals surface area contributed by atoms with Crippen LogP contribution < -0.4 is 10.6 Å². The first-order valence-corrected chi connectivity index (χ1v) is 6.59. The molecule has 20 heavy (non-hydrogen) atoms. The quantitative estimate of drug-likeness (QED) is 0.771. The Hall–Kier alpha value is -2.06. The highest BCUT2D eigenvalue weighted by Crippen LogP contribution is 2.23. The number of benzene rings is 1. The van der Waals surface area contributed by atoms with Crippen molar-refractivity contribution in [2.45, 2.75) is 38.6 Å². The maximum atomic E-state index is 11.7. The van der Waals surface area contributed by atoms with Crippen molar-refractivity contribution >= 4 is 11.7 Å². The number of nitrogens with one attached hydrogen (secondary N) is 2. The van der Waals surface area contributed by atoms with Crippen LogP contribution in [0, 0.1) is 11.3 Å². The number of anilines is 1. The van der Waals surface area contributed by atoms with Crippen LogP contribution in [0.5, 0.6) is 0 Å². The average Bonchev–Trinajstić information content (AvgIpc) is 2.39. The molecule has 0 unspecified atom stereocenters. The molecule has 0 aromatic heterocycles. The first-order valence-electron chi connectivity index (χ1n) is 6.59. The first kappa shape index (κ1) is 16.0. The summed E-state index contributed by atoms with van der Waals surface area (Å²) in [6, 6.07) is 9.04. The standard InChI is InChI=1S/C15H21N3O2/c1-11(8-9-19)17-14(20)18-13-6-4-12(5-7-13)15(2,3)10-16/h4-7,11,19H,8-9H2,1-3H3,(H2,17,18,20)/t11-/m1/s1. The molecule has 0 aliphatic carbocycles. The van der Waals surface area contributed by atoms with Crippen LogP contribution >= 0.6 is 0 Å². The van der Waals surface area contributed by atoms with Crippen molar-refractivity contribution in [3.63, 3.8) is 0 Å². The fourth-order valence-corrected chi connectivity index (χ4v) is 1.69. The molecular weight excluding hydrogens is 254 g/mol. The Morgan fingerprint density at radius 2 is 2.00 bits per heavy atom. The van der Waals surface area contributed by atoms with E-state index >= 15 is 0 Å². The van der Waals surface area contributed by atoms with Gasteiger partial charge in [0, 0.05) is 18.3 Å². The average molecular weight is 275 g/mol. The molecule has 108 valence electrons. The molecule has 2 amide bonds. The maximum absolute atomic E-state index is 11.7. The number of carbonyl (C=O) groups is 1. The lowest BCUT2D eigenvalue weighted by Crippen LogP contribution is -2.36. The van der Waals surface area contributed by atoms with Gasteiger partial charge >= 0.3 is 6.03 Å². The van der Waals surface area contributed by atoms with Gasteiger partial charge in [0.25, 0.3) is 0 Å². The number of nitrogens with zero attached hydrogens (tertiary/aromatic N) is 1. The van der Waals surface area contributed by atoms with Crippen LogP contribution in [0.15, 0.2) is 24.3 Å². The number of hydrogen-bond donors (Lipinski definition) is 3. The minimum absolute atomic E-state index is 0.0411. The molecule has 0 heterocycles. The number of rotatable bonds is 5. The predicted octanol–water partition coefficient (Wildman–Crippen LogP) is 2.38. The summed E-state index contributed by atoms with van der Waals surface area (Å²) in [6.07, 6.45) is 0.517. The molecule has 0 bridgehead atoms. The SMILES string of the molecule is C[C@H](CCO)NC(=O)Nc1ccc(C(C)(C)C#N)cc1. The van der Waals surface area contributed by atoms with E-state index in [1.165, 1.54) is 0 Å². The van der Waals surface area contributed by atoms with Crippen LogP contribution in [0.4, 0.5) is 10.5 Å². The van der Waals surface area contributed by atoms with Crippen LogP contribution in [0.1, 0.15) is 32.8 Å². The van der Waals surface area contributed by atoms with Crippen molar-refractivity contribution in [3.05, 3.63) is 29.8 Å². The Labute approximate surface area is 119 Å². The second-order valence-electron chi connectivity index (χ2n) is 5.33. The number of nitriles is 1. The molecule has 0 spiro atoms. The summed E-state index contributed by atoms with van der Waals surface area (Å²) in [6.45, 7) is 5.56. The Morgan fingerprint density at radius 3 is 2.50 bits per heavy atom. The molecule has 1 rings (SSSR count). The minimum Gasteiger partial charge on any atom is -0.396 e. The molecule has 0 aliphatic rings. The second-order valence-corrected chi connectivity index (χ2v) is 5.33. The summed E-state index contributed by atoms with van der Waals surface area (Å²) in [5.74, 6) is 0. The highest BCUT2D eigenvalue weighted by atomic mass is 16.3. The summed E-state index contributed by atoms with van der Waals surface area (Å²) in [4.78, 5) is 11.7. The Bertz CT molecular complexity index is 489. The molecule has 5 heteroatoms. The van der Waals surface area contributed by atoms with Crippen molar-refractivity contribution in [1.29, 1.82) is 5.26 Å². The minimum atomic E-state index is -0.545. The largest absolute Gasteiger partial charge is 0.396 e. The highest BCUT2D eigenvalue weighted by Gasteiger charge is 2.19. The lowest BCUT2D eigenvalue weighted by molar-refractivity contribution is 0.241. The lowest BCUT2D eigenvalue weighted by atomic mass is 9.86. The smallest absolute Gasteiger partial charge is 0.319 e. The van der Waals surface area contributed by atoms with Crippen molar-refractivity contribution < 1.29 is 9.90 Å². The number of aliphatic hydroxyl groups is 1. The number of aliphatic hydroxyl groups excluding tert-OH is 1. The van der Waals surface area contributed by atoms with E-state index in [1.54, 1.807) is 12.1 Å². The molecule has 0 aliphatic heterocycles. The first-order chi connectivity index (χ1) is 9.39. The molecule has 1 aromatic carbocycles. The molecule has 1 aromatic rings. The van der Waals surface area contributed by atoms with Crippen LogP contribution in [-0.4, -0.2) is 23.8 Å². The predicted molar refractivity (Wildman–Crippen MR) is 78.4 cm³/mol. The Kier molecular flexibility index (Phi) is 5.53. The van der Waals surface area contributed by atoms with Gasteiger partial charge in [-0.1, -0.05) is 12.1 Å². The number of carbonyl (C=O) groups excluding carboxylic acids is 1. The van der Waals surface area contributed by atoms with Gasteiger partial charge in [-0.3, -0.25) is 0 Å². The Morgan fingerprint density at radius 1 is 1.40 bits per heavy atom. The van der Waals surface area contributed by atoms with Crippen LogP contribution in [-0.2, 0) is 5.41 Å². The van der Waals surface area contributed by atoms with Gasteiger partial charge in [-0.05, 0) is 44.9 Å². The molecule has 0 saturated heterocycles. The maximum Gasteiger partial charge on any atom is 0.319 e. The van der Waals surface area contributed by atoms with Gasteiger partial charge < -0.3 is 15.7 Å². The highest BCUT2D eigenvalue weighted by molar-refractivity contribution is 5.89. The number of hydrogen-bond acceptors (Lipinski definition) is 3. The van der Waals surface area contributed by atoms with Crippen molar-refractivity contribution in [1.82, 2.24) is 5.32 Å². The van der Waals surface area contributed by atoms with Gasteiger partial charge in [-0.15, -0.1) is 0 Å². The van der Waals surface area contributed by atoms with E-state index in [0.717, 1.165) is 5.56 Å². The van der Waals surface area contributed by atoms with E-state index in [2.05, 4.69) is 16.7 Å². The monoisotopic (exact) mass is 275 g/mol. The summed E-state index contributed by atoms with van der Waals surface area (Å²) >= 11 is 0. The second kappa shape index (κ2) is 6.92. The molecule has 1 atom stereocenters. The van der Waals surface area contributed by atoms with Crippen LogP contribution in [0.3, 0.4) is 0 Å². The van der Waals surface area contributed by atoms with Gasteiger partial charge in [-0.25, -0.2) is 4.79 Å². The summed E-state index contributed by atoms with van der Waals surface area (Å²) in [5, 5.41) is 23.3. The van der Waals surface area contributed by atoms with E-state index in [0.29, 0.717) is 12.1 Å². The molecule has 0 saturated carbocycles. The number of urea groups is 1. The van der Waals surface area contributed by atoms with E-state index in [1.807, 2.05) is 32.9 Å². The summed E-state index contributed by atoms with van der Waals surface area (Å²) in [5.41, 5.74) is 1.02. The van der Waals surface area contributed by atoms with Crippen molar-refractivity contribution in [2.75, 3.05) is 11.9 Å². The van der Waals surface area contributed by atoms with E-state index in [-0.39, 0.29) is 18.7 Å². The van der Waals surface area contributed by atoms with Gasteiger partial charge in [0.2, 0.25) is 0 Å². The van der Waals surface area contributed by atoms with E-state index in [4.69, 9.17) is 10.4 Å². The van der Waals surface area contributed by atoms with Gasteiger partial charge in [0.15, 0.2) is 0 Å². The zero-order valence-electron chi connectivity index (χ0n) is 12.1. The molecule has 0 radical (unpaired) electrons. The Balaban J connectivity index is 2.62. The zero-order valence-corrected chi connectivity index (χ0v) is 12.1. The zero-order chi connectivity index (χ0) is 15.2. The van der Waals surface area contributed by atoms with Crippen LogP contribution in [0.2, 0.25) is 0 Å². The van der Waals surface area contributed by atoms with E-state index < -0.39 is 5.41 Å². The van der Waals surface area contributed by atoms with Crippen LogP contribution in [0.25, 0.3) is 0 Å². The third kappa shape index (κ3) is 4.56. The fraction of sp³-hybridized carbons (Fsp3) is 0.467. The third-order valence-corrected chi connectivity index (χ3v) is 3.08. The van der Waals surface area contributed by atoms with Gasteiger partial charge in [-0.2, -0.15) is 5.26 Å². The van der Waals surface area contributed by atoms with Crippen molar-refractivity contribution in [3.8, 4) is 6.07 Å². The summed E-state index contributed by atoms with van der Waals surface area (Å²) in [7, 11) is 0. The topological polar surface area (TPSA) is 85.2 Å². The van der Waals surface area contributed by atoms with E-state index in [9.17, 15) is 4.79 Å².